The zero-order valence-electron chi connectivity index (χ0n) is 14.5. The monoisotopic (exact) mass is 335 g/mol. The first-order chi connectivity index (χ1) is 11.0. The van der Waals surface area contributed by atoms with Crippen molar-refractivity contribution in [2.75, 3.05) is 20.1 Å². The van der Waals surface area contributed by atoms with Gasteiger partial charge in [0.2, 0.25) is 0 Å². The topological polar surface area (TPSA) is 66.6 Å². The summed E-state index contributed by atoms with van der Waals surface area (Å²) in [6.07, 6.45) is 0.833. The maximum atomic E-state index is 5.20. The lowest BCUT2D eigenvalue weighted by molar-refractivity contribution is 0.392. The maximum absolute atomic E-state index is 5.20. The molecule has 0 aliphatic rings. The van der Waals surface area contributed by atoms with Crippen LogP contribution in [0.1, 0.15) is 34.6 Å². The minimum absolute atomic E-state index is 0.700. The molecule has 0 unspecified atom stereocenters. The van der Waals surface area contributed by atoms with Gasteiger partial charge in [0, 0.05) is 31.1 Å². The predicted octanol–water partition coefficient (Wildman–Crippen LogP) is 2.70. The van der Waals surface area contributed by atoms with Crippen molar-refractivity contribution in [3.05, 3.63) is 33.1 Å². The first kappa shape index (κ1) is 17.5. The molecule has 0 saturated heterocycles. The first-order valence-electron chi connectivity index (χ1n) is 7.83. The fourth-order valence-electron chi connectivity index (χ4n) is 2.40. The number of nitrogens with one attached hydrogen (secondary N) is 1. The number of thiazole rings is 1. The van der Waals surface area contributed by atoms with Gasteiger partial charge in [0.05, 0.1) is 22.9 Å². The van der Waals surface area contributed by atoms with E-state index in [0.717, 1.165) is 53.2 Å². The molecule has 1 N–H and O–H groups in total. The van der Waals surface area contributed by atoms with Crippen LogP contribution in [0.2, 0.25) is 0 Å². The molecule has 126 valence electrons. The minimum atomic E-state index is 0.700. The Morgan fingerprint density at radius 3 is 2.74 bits per heavy atom. The third-order valence-electron chi connectivity index (χ3n) is 3.57. The van der Waals surface area contributed by atoms with Crippen LogP contribution in [0.5, 0.6) is 0 Å². The van der Waals surface area contributed by atoms with Crippen LogP contribution in [-0.2, 0) is 13.0 Å². The summed E-state index contributed by atoms with van der Waals surface area (Å²) in [6, 6.07) is 0. The van der Waals surface area contributed by atoms with Gasteiger partial charge in [-0.05, 0) is 34.1 Å². The van der Waals surface area contributed by atoms with E-state index in [1.165, 1.54) is 0 Å². The molecular weight excluding hydrogens is 310 g/mol. The van der Waals surface area contributed by atoms with Crippen LogP contribution in [0.15, 0.2) is 14.9 Å². The number of aliphatic imine (C=N–C) groups is 1. The van der Waals surface area contributed by atoms with E-state index in [9.17, 15) is 0 Å². The number of nitrogens with zero attached hydrogens (tertiary/aromatic N) is 4. The Balaban J connectivity index is 1.98. The third kappa shape index (κ3) is 4.79. The molecule has 0 amide bonds. The van der Waals surface area contributed by atoms with E-state index in [1.807, 2.05) is 27.8 Å². The number of rotatable bonds is 6. The average molecular weight is 335 g/mol. The Bertz CT molecular complexity index is 642. The van der Waals surface area contributed by atoms with Crippen LogP contribution in [0.4, 0.5) is 0 Å². The molecule has 2 rings (SSSR count). The van der Waals surface area contributed by atoms with Gasteiger partial charge in [-0.1, -0.05) is 5.16 Å². The van der Waals surface area contributed by atoms with Crippen LogP contribution in [0.3, 0.4) is 0 Å². The maximum Gasteiger partial charge on any atom is 0.194 e. The normalized spacial score (nSPS) is 11.8. The predicted molar refractivity (Wildman–Crippen MR) is 94.0 cm³/mol. The van der Waals surface area contributed by atoms with Gasteiger partial charge in [-0.3, -0.25) is 4.99 Å². The van der Waals surface area contributed by atoms with E-state index in [4.69, 9.17) is 9.52 Å². The van der Waals surface area contributed by atoms with E-state index >= 15 is 0 Å². The van der Waals surface area contributed by atoms with E-state index in [-0.39, 0.29) is 0 Å². The zero-order chi connectivity index (χ0) is 16.8. The smallest absolute Gasteiger partial charge is 0.194 e. The first-order valence-corrected chi connectivity index (χ1v) is 8.71. The summed E-state index contributed by atoms with van der Waals surface area (Å²) in [5.41, 5.74) is 3.18. The molecule has 0 radical (unpaired) electrons. The lowest BCUT2D eigenvalue weighted by atomic mass is 10.1. The van der Waals surface area contributed by atoms with Gasteiger partial charge in [-0.2, -0.15) is 0 Å². The van der Waals surface area contributed by atoms with E-state index < -0.39 is 0 Å². The lowest BCUT2D eigenvalue weighted by Gasteiger charge is -2.21. The largest absolute Gasteiger partial charge is 0.361 e. The quantitative estimate of drug-likeness (QED) is 0.649. The fourth-order valence-corrected chi connectivity index (χ4v) is 3.00. The van der Waals surface area contributed by atoms with Gasteiger partial charge in [-0.15, -0.1) is 11.3 Å². The van der Waals surface area contributed by atoms with Gasteiger partial charge >= 0.3 is 0 Å². The summed E-state index contributed by atoms with van der Waals surface area (Å²) in [6.45, 7) is 10.3. The highest BCUT2D eigenvalue weighted by Crippen LogP contribution is 2.13. The van der Waals surface area contributed by atoms with Crippen molar-refractivity contribution in [2.45, 2.75) is 40.7 Å². The Morgan fingerprint density at radius 2 is 2.17 bits per heavy atom. The number of hydrogen-bond donors (Lipinski definition) is 1. The number of guanidine groups is 1. The standard InChI is InChI=1S/C16H25N5OS/c1-6-17-16(21(5)9-14-10-23-13(4)19-14)18-8-7-15-11(2)20-22-12(15)3/h10H,6-9H2,1-5H3,(H,17,18). The molecule has 0 spiro atoms. The van der Waals surface area contributed by atoms with Crippen molar-refractivity contribution < 1.29 is 4.52 Å². The summed E-state index contributed by atoms with van der Waals surface area (Å²) in [5.74, 6) is 1.78. The van der Waals surface area contributed by atoms with E-state index in [0.29, 0.717) is 6.54 Å². The molecule has 0 atom stereocenters. The van der Waals surface area contributed by atoms with E-state index in [1.54, 1.807) is 11.3 Å². The molecule has 7 heteroatoms. The van der Waals surface area contributed by atoms with Gasteiger partial charge < -0.3 is 14.7 Å². The van der Waals surface area contributed by atoms with Crippen LogP contribution in [-0.4, -0.2) is 41.1 Å². The highest BCUT2D eigenvalue weighted by atomic mass is 32.1. The Hall–Kier alpha value is -1.89. The van der Waals surface area contributed by atoms with Gasteiger partial charge in [-0.25, -0.2) is 4.98 Å². The van der Waals surface area contributed by atoms with Crippen molar-refractivity contribution in [3.63, 3.8) is 0 Å². The molecular formula is C16H25N5OS. The second-order valence-corrected chi connectivity index (χ2v) is 6.56. The van der Waals surface area contributed by atoms with Crippen LogP contribution in [0.25, 0.3) is 0 Å². The number of aromatic nitrogens is 2. The molecule has 0 aromatic carbocycles. The van der Waals surface area contributed by atoms with Crippen molar-refractivity contribution in [2.24, 2.45) is 4.99 Å². The molecule has 6 nitrogen and oxygen atoms in total. The molecule has 0 bridgehead atoms. The Morgan fingerprint density at radius 1 is 1.39 bits per heavy atom. The highest BCUT2D eigenvalue weighted by Gasteiger charge is 2.10. The second-order valence-electron chi connectivity index (χ2n) is 5.50. The second kappa shape index (κ2) is 8.10. The summed E-state index contributed by atoms with van der Waals surface area (Å²) in [5, 5.41) is 10.5. The van der Waals surface area contributed by atoms with Crippen molar-refractivity contribution >= 4 is 17.3 Å². The molecule has 0 fully saturated rings. The number of hydrogen-bond acceptors (Lipinski definition) is 5. The molecule has 0 aliphatic carbocycles. The summed E-state index contributed by atoms with van der Waals surface area (Å²) >= 11 is 1.68. The molecule has 2 aromatic rings. The summed E-state index contributed by atoms with van der Waals surface area (Å²) in [4.78, 5) is 11.3. The molecule has 2 aromatic heterocycles. The molecule has 0 aliphatic heterocycles. The number of aryl methyl sites for hydroxylation is 3. The lowest BCUT2D eigenvalue weighted by Crippen LogP contribution is -2.38. The SMILES string of the molecule is CCNC(=NCCc1c(C)noc1C)N(C)Cc1csc(C)n1. The molecule has 23 heavy (non-hydrogen) atoms. The van der Waals surface area contributed by atoms with Crippen molar-refractivity contribution in [1.29, 1.82) is 0 Å². The zero-order valence-corrected chi connectivity index (χ0v) is 15.3. The highest BCUT2D eigenvalue weighted by molar-refractivity contribution is 7.09. The van der Waals surface area contributed by atoms with Gasteiger partial charge in [0.15, 0.2) is 5.96 Å². The van der Waals surface area contributed by atoms with Gasteiger partial charge in [0.25, 0.3) is 0 Å². The molecule has 0 saturated carbocycles. The van der Waals surface area contributed by atoms with E-state index in [2.05, 4.69) is 32.7 Å². The molecule has 2 heterocycles. The fraction of sp³-hybridized carbons (Fsp3) is 0.562. The van der Waals surface area contributed by atoms with Crippen molar-refractivity contribution in [3.8, 4) is 0 Å². The Labute approximate surface area is 141 Å². The average Bonchev–Trinajstić information content (AvgIpc) is 3.05. The minimum Gasteiger partial charge on any atom is -0.361 e. The van der Waals surface area contributed by atoms with Crippen LogP contribution < -0.4 is 5.32 Å². The van der Waals surface area contributed by atoms with Crippen LogP contribution >= 0.6 is 11.3 Å². The third-order valence-corrected chi connectivity index (χ3v) is 4.39. The summed E-state index contributed by atoms with van der Waals surface area (Å²) < 4.78 is 5.20. The summed E-state index contributed by atoms with van der Waals surface area (Å²) in [7, 11) is 2.03. The Kier molecular flexibility index (Phi) is 6.15. The van der Waals surface area contributed by atoms with Gasteiger partial charge in [0.1, 0.15) is 5.76 Å². The van der Waals surface area contributed by atoms with Crippen LogP contribution in [0, 0.1) is 20.8 Å². The van der Waals surface area contributed by atoms with Crippen molar-refractivity contribution in [1.82, 2.24) is 20.4 Å².